The molecule has 1 aromatic heterocycles. The topological polar surface area (TPSA) is 88.4 Å². The van der Waals surface area contributed by atoms with Gasteiger partial charge in [0.05, 0.1) is 11.4 Å². The molecule has 0 bridgehead atoms. The van der Waals surface area contributed by atoms with Crippen LogP contribution in [-0.4, -0.2) is 49.3 Å². The molecule has 0 aliphatic carbocycles. The van der Waals surface area contributed by atoms with Crippen LogP contribution in [0.4, 0.5) is 0 Å². The molecule has 1 heterocycles. The molecule has 0 saturated carbocycles. The maximum Gasteiger partial charge on any atom is 0.191 e. The Labute approximate surface area is 149 Å². The SMILES string of the molecule is CN=C(NCc1ccc(-n2cccn2)cc1)NC(C)CCS(C)(=O)=O. The summed E-state index contributed by atoms with van der Waals surface area (Å²) in [5.74, 6) is 0.810. The summed E-state index contributed by atoms with van der Waals surface area (Å²) in [6, 6.07) is 9.98. The Morgan fingerprint density at radius 1 is 1.32 bits per heavy atom. The molecule has 0 saturated heterocycles. The van der Waals surface area contributed by atoms with Crippen molar-refractivity contribution in [1.29, 1.82) is 0 Å². The predicted octanol–water partition coefficient (Wildman–Crippen LogP) is 1.36. The van der Waals surface area contributed by atoms with Crippen molar-refractivity contribution in [2.45, 2.75) is 25.9 Å². The lowest BCUT2D eigenvalue weighted by atomic mass is 10.2. The molecule has 1 atom stereocenters. The number of guanidine groups is 1. The van der Waals surface area contributed by atoms with Crippen LogP contribution in [-0.2, 0) is 16.4 Å². The molecule has 0 aliphatic rings. The fourth-order valence-corrected chi connectivity index (χ4v) is 3.05. The van der Waals surface area contributed by atoms with Crippen molar-refractivity contribution in [3.8, 4) is 5.69 Å². The normalized spacial score (nSPS) is 13.5. The van der Waals surface area contributed by atoms with E-state index < -0.39 is 9.84 Å². The lowest BCUT2D eigenvalue weighted by Gasteiger charge is -2.17. The van der Waals surface area contributed by atoms with E-state index in [0.29, 0.717) is 18.9 Å². The van der Waals surface area contributed by atoms with Gasteiger partial charge in [0.15, 0.2) is 5.96 Å². The molecule has 0 spiro atoms. The third-order valence-electron chi connectivity index (χ3n) is 3.69. The minimum atomic E-state index is -2.95. The van der Waals surface area contributed by atoms with Crippen LogP contribution in [0.2, 0.25) is 0 Å². The molecule has 0 amide bonds. The molecule has 2 rings (SSSR count). The highest BCUT2D eigenvalue weighted by molar-refractivity contribution is 7.90. The van der Waals surface area contributed by atoms with Crippen LogP contribution >= 0.6 is 0 Å². The van der Waals surface area contributed by atoms with Crippen LogP contribution in [0.25, 0.3) is 5.69 Å². The van der Waals surface area contributed by atoms with Gasteiger partial charge in [-0.25, -0.2) is 13.1 Å². The third-order valence-corrected chi connectivity index (χ3v) is 4.67. The van der Waals surface area contributed by atoms with Crippen molar-refractivity contribution in [3.05, 3.63) is 48.3 Å². The number of hydrogen-bond donors (Lipinski definition) is 2. The van der Waals surface area contributed by atoms with Crippen LogP contribution in [0.5, 0.6) is 0 Å². The Hall–Kier alpha value is -2.35. The van der Waals surface area contributed by atoms with Crippen LogP contribution in [0, 0.1) is 0 Å². The van der Waals surface area contributed by atoms with Gasteiger partial charge in [-0.15, -0.1) is 0 Å². The molecule has 2 aromatic rings. The molecule has 1 aromatic carbocycles. The molecule has 0 fully saturated rings. The second kappa shape index (κ2) is 8.66. The van der Waals surface area contributed by atoms with Crippen molar-refractivity contribution < 1.29 is 8.42 Å². The van der Waals surface area contributed by atoms with E-state index in [0.717, 1.165) is 11.3 Å². The maximum atomic E-state index is 11.2. The van der Waals surface area contributed by atoms with Gasteiger partial charge >= 0.3 is 0 Å². The first-order chi connectivity index (χ1) is 11.9. The average Bonchev–Trinajstić information content (AvgIpc) is 3.11. The van der Waals surface area contributed by atoms with E-state index in [1.54, 1.807) is 17.9 Å². The first kappa shape index (κ1) is 19.0. The van der Waals surface area contributed by atoms with Crippen molar-refractivity contribution in [2.75, 3.05) is 19.1 Å². The minimum absolute atomic E-state index is 0.0168. The van der Waals surface area contributed by atoms with Crippen molar-refractivity contribution in [2.24, 2.45) is 4.99 Å². The van der Waals surface area contributed by atoms with Crippen LogP contribution in [0.1, 0.15) is 18.9 Å². The number of aromatic nitrogens is 2. The molecule has 7 nitrogen and oxygen atoms in total. The zero-order valence-electron chi connectivity index (χ0n) is 14.8. The van der Waals surface area contributed by atoms with Crippen LogP contribution < -0.4 is 10.6 Å². The van der Waals surface area contributed by atoms with Gasteiger partial charge in [0.1, 0.15) is 9.84 Å². The van der Waals surface area contributed by atoms with Crippen molar-refractivity contribution >= 4 is 15.8 Å². The molecular formula is C17H25N5O2S. The highest BCUT2D eigenvalue weighted by Crippen LogP contribution is 2.08. The number of rotatable bonds is 7. The Kier molecular flexibility index (Phi) is 6.58. The van der Waals surface area contributed by atoms with E-state index >= 15 is 0 Å². The Bertz CT molecular complexity index is 783. The highest BCUT2D eigenvalue weighted by atomic mass is 32.2. The van der Waals surface area contributed by atoms with E-state index in [9.17, 15) is 8.42 Å². The smallest absolute Gasteiger partial charge is 0.191 e. The van der Waals surface area contributed by atoms with Crippen molar-refractivity contribution in [3.63, 3.8) is 0 Å². The molecule has 1 unspecified atom stereocenters. The summed E-state index contributed by atoms with van der Waals surface area (Å²) in [6.07, 6.45) is 5.44. The lowest BCUT2D eigenvalue weighted by molar-refractivity contribution is 0.581. The summed E-state index contributed by atoms with van der Waals surface area (Å²) in [4.78, 5) is 4.18. The zero-order valence-corrected chi connectivity index (χ0v) is 15.6. The second-order valence-electron chi connectivity index (χ2n) is 6.01. The van der Waals surface area contributed by atoms with Gasteiger partial charge in [0, 0.05) is 38.3 Å². The van der Waals surface area contributed by atoms with Crippen LogP contribution in [0.15, 0.2) is 47.7 Å². The summed E-state index contributed by atoms with van der Waals surface area (Å²) < 4.78 is 24.3. The molecule has 25 heavy (non-hydrogen) atoms. The molecule has 2 N–H and O–H groups in total. The molecule has 8 heteroatoms. The van der Waals surface area contributed by atoms with Gasteiger partial charge in [-0.05, 0) is 37.1 Å². The van der Waals surface area contributed by atoms with E-state index in [4.69, 9.17) is 0 Å². The summed E-state index contributed by atoms with van der Waals surface area (Å²) in [6.45, 7) is 2.56. The zero-order chi connectivity index (χ0) is 18.3. The standard InChI is InChI=1S/C17H25N5O2S/c1-14(9-12-25(3,23)24)21-17(18-2)19-13-15-5-7-16(8-6-15)22-11-4-10-20-22/h4-8,10-11,14H,9,12-13H2,1-3H3,(H2,18,19,21). The molecule has 0 radical (unpaired) electrons. The van der Waals surface area contributed by atoms with Gasteiger partial charge in [0.2, 0.25) is 0 Å². The van der Waals surface area contributed by atoms with Crippen molar-refractivity contribution in [1.82, 2.24) is 20.4 Å². The summed E-state index contributed by atoms with van der Waals surface area (Å²) in [5, 5.41) is 10.6. The number of nitrogens with one attached hydrogen (secondary N) is 2. The van der Waals surface area contributed by atoms with Gasteiger partial charge < -0.3 is 10.6 Å². The number of sulfone groups is 1. The molecular weight excluding hydrogens is 338 g/mol. The number of benzene rings is 1. The monoisotopic (exact) mass is 363 g/mol. The van der Waals surface area contributed by atoms with E-state index in [-0.39, 0.29) is 11.8 Å². The second-order valence-corrected chi connectivity index (χ2v) is 8.27. The maximum absolute atomic E-state index is 11.2. The lowest BCUT2D eigenvalue weighted by Crippen LogP contribution is -2.42. The summed E-state index contributed by atoms with van der Waals surface area (Å²) >= 11 is 0. The van der Waals surface area contributed by atoms with Crippen LogP contribution in [0.3, 0.4) is 0 Å². The average molecular weight is 363 g/mol. The summed E-state index contributed by atoms with van der Waals surface area (Å²) in [7, 11) is -1.25. The predicted molar refractivity (Wildman–Crippen MR) is 101 cm³/mol. The Balaban J connectivity index is 1.84. The Morgan fingerprint density at radius 3 is 2.60 bits per heavy atom. The highest BCUT2D eigenvalue weighted by Gasteiger charge is 2.09. The van der Waals surface area contributed by atoms with E-state index in [1.165, 1.54) is 6.26 Å². The van der Waals surface area contributed by atoms with Gasteiger partial charge in [-0.2, -0.15) is 5.10 Å². The van der Waals surface area contributed by atoms with E-state index in [1.807, 2.05) is 43.5 Å². The Morgan fingerprint density at radius 2 is 2.04 bits per heavy atom. The molecule has 136 valence electrons. The fourth-order valence-electron chi connectivity index (χ4n) is 2.26. The first-order valence-corrected chi connectivity index (χ1v) is 10.2. The largest absolute Gasteiger partial charge is 0.354 e. The van der Waals surface area contributed by atoms with Gasteiger partial charge in [-0.3, -0.25) is 4.99 Å². The van der Waals surface area contributed by atoms with E-state index in [2.05, 4.69) is 20.7 Å². The number of hydrogen-bond acceptors (Lipinski definition) is 4. The fraction of sp³-hybridized carbons (Fsp3) is 0.412. The first-order valence-electron chi connectivity index (χ1n) is 8.11. The summed E-state index contributed by atoms with van der Waals surface area (Å²) in [5.41, 5.74) is 2.12. The quantitative estimate of drug-likeness (QED) is 0.573. The number of aliphatic imine (C=N–C) groups is 1. The number of nitrogens with zero attached hydrogens (tertiary/aromatic N) is 3. The molecule has 0 aliphatic heterocycles. The van der Waals surface area contributed by atoms with Gasteiger partial charge in [0.25, 0.3) is 0 Å². The minimum Gasteiger partial charge on any atom is -0.354 e. The van der Waals surface area contributed by atoms with Gasteiger partial charge in [-0.1, -0.05) is 12.1 Å². The third kappa shape index (κ3) is 6.58.